The third-order valence-corrected chi connectivity index (χ3v) is 6.32. The summed E-state index contributed by atoms with van der Waals surface area (Å²) in [6.07, 6.45) is 1.18. The molecule has 5 nitrogen and oxygen atoms in total. The van der Waals surface area contributed by atoms with Crippen LogP contribution < -0.4 is 9.62 Å². The first-order chi connectivity index (χ1) is 13.1. The number of carbonyl (C=O) groups excluding carboxylic acids is 1. The molecule has 0 saturated heterocycles. The van der Waals surface area contributed by atoms with Crippen LogP contribution in [0, 0.1) is 0 Å². The standard InChI is InChI=1S/C21H28N2O3S2/c1-21(2,3)27-15-14-22-20(24)18-10-12-19(13-11-18)23(28(4,25)26)16-17-8-6-5-7-9-17/h5-13H,14-16H2,1-4H3,(H,22,24). The molecular weight excluding hydrogens is 392 g/mol. The van der Waals surface area contributed by atoms with E-state index in [9.17, 15) is 13.2 Å². The van der Waals surface area contributed by atoms with E-state index in [2.05, 4.69) is 26.1 Å². The summed E-state index contributed by atoms with van der Waals surface area (Å²) < 4.78 is 26.0. The molecule has 0 heterocycles. The second-order valence-electron chi connectivity index (χ2n) is 7.52. The second kappa shape index (κ2) is 9.47. The zero-order valence-electron chi connectivity index (χ0n) is 16.8. The van der Waals surface area contributed by atoms with E-state index in [-0.39, 0.29) is 17.2 Å². The Morgan fingerprint density at radius 1 is 1.04 bits per heavy atom. The maximum Gasteiger partial charge on any atom is 0.251 e. The van der Waals surface area contributed by atoms with E-state index in [4.69, 9.17) is 0 Å². The number of thioether (sulfide) groups is 1. The Labute approximate surface area is 172 Å². The van der Waals surface area contributed by atoms with Gasteiger partial charge in [0.2, 0.25) is 10.0 Å². The molecule has 0 unspecified atom stereocenters. The Morgan fingerprint density at radius 2 is 1.64 bits per heavy atom. The minimum atomic E-state index is -3.45. The molecule has 0 fully saturated rings. The molecule has 2 aromatic carbocycles. The molecule has 0 aliphatic carbocycles. The maximum atomic E-state index is 12.3. The van der Waals surface area contributed by atoms with Crippen molar-refractivity contribution < 1.29 is 13.2 Å². The van der Waals surface area contributed by atoms with Gasteiger partial charge in [-0.3, -0.25) is 9.10 Å². The Balaban J connectivity index is 2.05. The lowest BCUT2D eigenvalue weighted by Crippen LogP contribution is -2.29. The van der Waals surface area contributed by atoms with Gasteiger partial charge in [-0.15, -0.1) is 0 Å². The minimum Gasteiger partial charge on any atom is -0.351 e. The summed E-state index contributed by atoms with van der Waals surface area (Å²) in [4.78, 5) is 12.3. The minimum absolute atomic E-state index is 0.157. The number of nitrogens with zero attached hydrogens (tertiary/aromatic N) is 1. The van der Waals surface area contributed by atoms with Gasteiger partial charge < -0.3 is 5.32 Å². The van der Waals surface area contributed by atoms with E-state index >= 15 is 0 Å². The highest BCUT2D eigenvalue weighted by molar-refractivity contribution is 8.00. The molecular formula is C21H28N2O3S2. The molecule has 0 bridgehead atoms. The Bertz CT molecular complexity index is 874. The van der Waals surface area contributed by atoms with Crippen molar-refractivity contribution in [2.24, 2.45) is 0 Å². The van der Waals surface area contributed by atoms with Crippen LogP contribution >= 0.6 is 11.8 Å². The maximum absolute atomic E-state index is 12.3. The van der Waals surface area contributed by atoms with E-state index in [1.807, 2.05) is 30.3 Å². The number of sulfonamides is 1. The van der Waals surface area contributed by atoms with Crippen LogP contribution in [-0.2, 0) is 16.6 Å². The molecule has 0 aliphatic heterocycles. The lowest BCUT2D eigenvalue weighted by Gasteiger charge is -2.22. The molecule has 2 rings (SSSR count). The van der Waals surface area contributed by atoms with E-state index in [0.29, 0.717) is 17.8 Å². The molecule has 28 heavy (non-hydrogen) atoms. The van der Waals surface area contributed by atoms with Crippen molar-refractivity contribution in [3.8, 4) is 0 Å². The lowest BCUT2D eigenvalue weighted by atomic mass is 10.2. The summed E-state index contributed by atoms with van der Waals surface area (Å²) in [6.45, 7) is 7.25. The molecule has 0 radical (unpaired) electrons. The van der Waals surface area contributed by atoms with Crippen LogP contribution in [0.1, 0.15) is 36.7 Å². The van der Waals surface area contributed by atoms with Gasteiger partial charge in [0.15, 0.2) is 0 Å². The molecule has 0 atom stereocenters. The van der Waals surface area contributed by atoms with Gasteiger partial charge in [0.1, 0.15) is 0 Å². The van der Waals surface area contributed by atoms with Crippen LogP contribution in [0.5, 0.6) is 0 Å². The molecule has 7 heteroatoms. The normalized spacial score (nSPS) is 11.9. The molecule has 1 N–H and O–H groups in total. The van der Waals surface area contributed by atoms with Crippen molar-refractivity contribution in [2.75, 3.05) is 22.9 Å². The summed E-state index contributed by atoms with van der Waals surface area (Å²) in [7, 11) is -3.45. The third-order valence-electron chi connectivity index (χ3n) is 3.91. The molecule has 152 valence electrons. The molecule has 2 aromatic rings. The van der Waals surface area contributed by atoms with E-state index in [1.165, 1.54) is 10.6 Å². The summed E-state index contributed by atoms with van der Waals surface area (Å²) in [5.41, 5.74) is 1.94. The average molecular weight is 421 g/mol. The van der Waals surface area contributed by atoms with Gasteiger partial charge in [-0.2, -0.15) is 11.8 Å². The predicted molar refractivity (Wildman–Crippen MR) is 118 cm³/mol. The van der Waals surface area contributed by atoms with Crippen LogP contribution in [0.15, 0.2) is 54.6 Å². The van der Waals surface area contributed by atoms with Gasteiger partial charge in [-0.1, -0.05) is 51.1 Å². The van der Waals surface area contributed by atoms with E-state index in [1.54, 1.807) is 36.0 Å². The molecule has 0 aromatic heterocycles. The second-order valence-corrected chi connectivity index (χ2v) is 11.3. The molecule has 0 aliphatic rings. The number of amides is 1. The number of carbonyl (C=O) groups is 1. The highest BCUT2D eigenvalue weighted by atomic mass is 32.2. The topological polar surface area (TPSA) is 66.5 Å². The van der Waals surface area contributed by atoms with Crippen LogP contribution in [0.2, 0.25) is 0 Å². The largest absolute Gasteiger partial charge is 0.351 e. The zero-order valence-corrected chi connectivity index (χ0v) is 18.4. The quantitative estimate of drug-likeness (QED) is 0.658. The van der Waals surface area contributed by atoms with Crippen molar-refractivity contribution in [1.82, 2.24) is 5.32 Å². The van der Waals surface area contributed by atoms with Gasteiger partial charge in [0.05, 0.1) is 18.5 Å². The smallest absolute Gasteiger partial charge is 0.251 e. The highest BCUT2D eigenvalue weighted by Crippen LogP contribution is 2.23. The van der Waals surface area contributed by atoms with Gasteiger partial charge in [0.25, 0.3) is 5.91 Å². The van der Waals surface area contributed by atoms with Gasteiger partial charge in [0, 0.05) is 22.6 Å². The zero-order chi connectivity index (χ0) is 20.8. The molecule has 0 saturated carbocycles. The fourth-order valence-electron chi connectivity index (χ4n) is 2.55. The Hall–Kier alpha value is -1.99. The fraction of sp³-hybridized carbons (Fsp3) is 0.381. The van der Waals surface area contributed by atoms with Crippen molar-refractivity contribution >= 4 is 33.4 Å². The van der Waals surface area contributed by atoms with Crippen molar-refractivity contribution in [2.45, 2.75) is 32.1 Å². The average Bonchev–Trinajstić information content (AvgIpc) is 2.62. The van der Waals surface area contributed by atoms with Crippen molar-refractivity contribution in [3.05, 3.63) is 65.7 Å². The van der Waals surface area contributed by atoms with Crippen LogP contribution in [0.3, 0.4) is 0 Å². The molecule has 0 spiro atoms. The van der Waals surface area contributed by atoms with Crippen LogP contribution in [0.4, 0.5) is 5.69 Å². The third kappa shape index (κ3) is 7.20. The van der Waals surface area contributed by atoms with Crippen LogP contribution in [-0.4, -0.2) is 37.6 Å². The van der Waals surface area contributed by atoms with Gasteiger partial charge in [-0.05, 0) is 29.8 Å². The first kappa shape index (κ1) is 22.3. The van der Waals surface area contributed by atoms with Crippen molar-refractivity contribution in [3.63, 3.8) is 0 Å². The summed E-state index contributed by atoms with van der Waals surface area (Å²) >= 11 is 1.79. The monoisotopic (exact) mass is 420 g/mol. The van der Waals surface area contributed by atoms with E-state index in [0.717, 1.165) is 11.3 Å². The SMILES string of the molecule is CC(C)(C)SCCNC(=O)c1ccc(N(Cc2ccccc2)S(C)(=O)=O)cc1. The fourth-order valence-corrected chi connectivity index (χ4v) is 4.26. The Kier molecular flexibility index (Phi) is 7.55. The predicted octanol–water partition coefficient (Wildman–Crippen LogP) is 3.91. The van der Waals surface area contributed by atoms with E-state index < -0.39 is 10.0 Å². The number of anilines is 1. The first-order valence-corrected chi connectivity index (χ1v) is 11.9. The number of nitrogens with one attached hydrogen (secondary N) is 1. The summed E-state index contributed by atoms with van der Waals surface area (Å²) in [5, 5.41) is 2.90. The van der Waals surface area contributed by atoms with Crippen molar-refractivity contribution in [1.29, 1.82) is 0 Å². The first-order valence-electron chi connectivity index (χ1n) is 9.10. The lowest BCUT2D eigenvalue weighted by molar-refractivity contribution is 0.0956. The highest BCUT2D eigenvalue weighted by Gasteiger charge is 2.18. The number of hydrogen-bond acceptors (Lipinski definition) is 4. The summed E-state index contributed by atoms with van der Waals surface area (Å²) in [6, 6.07) is 16.1. The number of benzene rings is 2. The number of hydrogen-bond donors (Lipinski definition) is 1. The van der Waals surface area contributed by atoms with Gasteiger partial charge >= 0.3 is 0 Å². The molecule has 1 amide bonds. The summed E-state index contributed by atoms with van der Waals surface area (Å²) in [5.74, 6) is 0.682. The Morgan fingerprint density at radius 3 is 2.18 bits per heavy atom. The number of rotatable bonds is 8. The van der Waals surface area contributed by atoms with Crippen LogP contribution in [0.25, 0.3) is 0 Å². The van der Waals surface area contributed by atoms with Gasteiger partial charge in [-0.25, -0.2) is 8.42 Å².